The van der Waals surface area contributed by atoms with Gasteiger partial charge in [-0.1, -0.05) is 48.0 Å². The fourth-order valence-corrected chi connectivity index (χ4v) is 4.32. The number of carbonyl (C=O) groups excluding carboxylic acids is 3. The van der Waals surface area contributed by atoms with Crippen LogP contribution in [0.4, 0.5) is 0 Å². The highest BCUT2D eigenvalue weighted by Gasteiger charge is 2.18. The Bertz CT molecular complexity index is 1300. The number of benzene rings is 2. The molecule has 2 aromatic heterocycles. The zero-order valence-electron chi connectivity index (χ0n) is 17.1. The molecule has 0 unspecified atom stereocenters. The number of fused-ring (bicyclic) bond motifs is 1. The number of thiophene rings is 1. The molecule has 0 saturated carbocycles. The summed E-state index contributed by atoms with van der Waals surface area (Å²) in [5.41, 5.74) is 4.46. The van der Waals surface area contributed by atoms with Gasteiger partial charge in [0.05, 0.1) is 11.6 Å². The third-order valence-corrected chi connectivity index (χ3v) is 6.15. The number of hydrazine groups is 1. The Morgan fingerprint density at radius 3 is 2.45 bits per heavy atom. The van der Waals surface area contributed by atoms with Crippen molar-refractivity contribution in [3.8, 4) is 5.75 Å². The molecule has 0 spiro atoms. The summed E-state index contributed by atoms with van der Waals surface area (Å²) in [6.45, 7) is -0.200. The molecule has 4 aromatic rings. The van der Waals surface area contributed by atoms with Gasteiger partial charge in [-0.3, -0.25) is 25.2 Å². The Balaban J connectivity index is 1.23. The highest BCUT2D eigenvalue weighted by atomic mass is 35.5. The monoisotopic (exact) mass is 483 g/mol. The van der Waals surface area contributed by atoms with E-state index in [9.17, 15) is 14.4 Å². The number of nitrogens with one attached hydrogen (secondary N) is 3. The van der Waals surface area contributed by atoms with Crippen molar-refractivity contribution < 1.29 is 23.5 Å². The van der Waals surface area contributed by atoms with E-state index in [4.69, 9.17) is 20.8 Å². The van der Waals surface area contributed by atoms with Crippen LogP contribution in [0.5, 0.6) is 5.75 Å². The molecule has 3 amide bonds. The predicted molar refractivity (Wildman–Crippen MR) is 124 cm³/mol. The van der Waals surface area contributed by atoms with Crippen molar-refractivity contribution in [3.05, 3.63) is 88.2 Å². The molecule has 10 heteroatoms. The number of amides is 3. The molecule has 0 fully saturated rings. The molecule has 0 aliphatic heterocycles. The lowest BCUT2D eigenvalue weighted by molar-refractivity contribution is -0.120. The molecule has 3 N–H and O–H groups in total. The number of carbonyl (C=O) groups is 3. The zero-order valence-corrected chi connectivity index (χ0v) is 18.7. The maximum absolute atomic E-state index is 12.4. The molecule has 2 aromatic carbocycles. The fraction of sp³-hybridized carbons (Fsp3) is 0.0870. The van der Waals surface area contributed by atoms with Crippen molar-refractivity contribution in [3.63, 3.8) is 0 Å². The highest BCUT2D eigenvalue weighted by Crippen LogP contribution is 2.34. The lowest BCUT2D eigenvalue weighted by Gasteiger charge is -2.07. The van der Waals surface area contributed by atoms with Gasteiger partial charge in [-0.05, 0) is 30.3 Å². The standard InChI is InChI=1S/C23H18ClN3O5S/c24-20-16-8-4-5-9-18(16)33-21(20)23(30)25-12-19(28)26-27-22(29)17-11-10-15(32-17)13-31-14-6-2-1-3-7-14/h1-11H,12-13H2,(H,25,30)(H,26,28)(H,27,29). The van der Waals surface area contributed by atoms with Gasteiger partial charge in [-0.2, -0.15) is 0 Å². The molecule has 2 heterocycles. The summed E-state index contributed by atoms with van der Waals surface area (Å²) in [6, 6.07) is 19.6. The van der Waals surface area contributed by atoms with Gasteiger partial charge in [0.15, 0.2) is 5.76 Å². The second kappa shape index (κ2) is 10.2. The normalized spacial score (nSPS) is 10.6. The Kier molecular flexibility index (Phi) is 6.92. The van der Waals surface area contributed by atoms with Crippen LogP contribution in [0.3, 0.4) is 0 Å². The zero-order chi connectivity index (χ0) is 23.2. The van der Waals surface area contributed by atoms with E-state index in [0.29, 0.717) is 21.4 Å². The Labute approximate surface area is 197 Å². The predicted octanol–water partition coefficient (Wildman–Crippen LogP) is 3.92. The number of halogens is 1. The number of rotatable bonds is 7. The van der Waals surface area contributed by atoms with Crippen molar-refractivity contribution in [2.75, 3.05) is 6.54 Å². The van der Waals surface area contributed by atoms with Crippen LogP contribution in [-0.4, -0.2) is 24.3 Å². The summed E-state index contributed by atoms with van der Waals surface area (Å²) in [6.07, 6.45) is 0. The molecule has 0 aliphatic carbocycles. The fourth-order valence-electron chi connectivity index (χ4n) is 2.88. The van der Waals surface area contributed by atoms with Crippen LogP contribution in [0.25, 0.3) is 10.1 Å². The maximum Gasteiger partial charge on any atom is 0.305 e. The smallest absolute Gasteiger partial charge is 0.305 e. The van der Waals surface area contributed by atoms with E-state index < -0.39 is 17.7 Å². The Morgan fingerprint density at radius 2 is 1.67 bits per heavy atom. The van der Waals surface area contributed by atoms with E-state index in [2.05, 4.69) is 16.2 Å². The molecule has 168 valence electrons. The van der Waals surface area contributed by atoms with Gasteiger partial charge >= 0.3 is 5.91 Å². The highest BCUT2D eigenvalue weighted by molar-refractivity contribution is 7.21. The molecular weight excluding hydrogens is 466 g/mol. The van der Waals surface area contributed by atoms with Crippen LogP contribution in [0.2, 0.25) is 5.02 Å². The lowest BCUT2D eigenvalue weighted by Crippen LogP contribution is -2.46. The van der Waals surface area contributed by atoms with Gasteiger partial charge in [0.2, 0.25) is 0 Å². The molecule has 0 radical (unpaired) electrons. The topological polar surface area (TPSA) is 110 Å². The summed E-state index contributed by atoms with van der Waals surface area (Å²) < 4.78 is 11.9. The number of furan rings is 1. The SMILES string of the molecule is O=C(CNC(=O)c1sc2ccccc2c1Cl)NNC(=O)c1ccc(COc2ccccc2)o1. The average molecular weight is 484 g/mol. The first kappa shape index (κ1) is 22.4. The third-order valence-electron chi connectivity index (χ3n) is 4.48. The Hall–Kier alpha value is -3.82. The second-order valence-electron chi connectivity index (χ2n) is 6.79. The van der Waals surface area contributed by atoms with Crippen molar-refractivity contribution in [2.45, 2.75) is 6.61 Å². The van der Waals surface area contributed by atoms with E-state index in [1.807, 2.05) is 42.5 Å². The molecular formula is C23H18ClN3O5S. The van der Waals surface area contributed by atoms with E-state index in [0.717, 1.165) is 10.1 Å². The molecule has 4 rings (SSSR count). The van der Waals surface area contributed by atoms with Crippen LogP contribution < -0.4 is 20.9 Å². The van der Waals surface area contributed by atoms with Gasteiger partial charge in [-0.25, -0.2) is 0 Å². The van der Waals surface area contributed by atoms with Gasteiger partial charge in [0, 0.05) is 10.1 Å². The molecule has 8 nitrogen and oxygen atoms in total. The van der Waals surface area contributed by atoms with Gasteiger partial charge in [-0.15, -0.1) is 11.3 Å². The summed E-state index contributed by atoms with van der Waals surface area (Å²) in [7, 11) is 0. The van der Waals surface area contributed by atoms with Crippen molar-refractivity contribution >= 4 is 50.7 Å². The average Bonchev–Trinajstić information content (AvgIpc) is 3.45. The van der Waals surface area contributed by atoms with Crippen LogP contribution >= 0.6 is 22.9 Å². The van der Waals surface area contributed by atoms with Crippen LogP contribution in [0.15, 0.2) is 71.1 Å². The van der Waals surface area contributed by atoms with Gasteiger partial charge in [0.1, 0.15) is 23.0 Å². The number of para-hydroxylation sites is 1. The van der Waals surface area contributed by atoms with Gasteiger partial charge in [0.25, 0.3) is 11.8 Å². The van der Waals surface area contributed by atoms with E-state index in [-0.39, 0.29) is 18.9 Å². The van der Waals surface area contributed by atoms with Crippen molar-refractivity contribution in [1.82, 2.24) is 16.2 Å². The number of hydrogen-bond donors (Lipinski definition) is 3. The van der Waals surface area contributed by atoms with Crippen LogP contribution in [0.1, 0.15) is 26.0 Å². The third kappa shape index (κ3) is 5.51. The minimum atomic E-state index is -0.645. The summed E-state index contributed by atoms with van der Waals surface area (Å²) in [4.78, 5) is 36.9. The lowest BCUT2D eigenvalue weighted by atomic mass is 10.2. The quantitative estimate of drug-likeness (QED) is 0.345. The molecule has 0 atom stereocenters. The largest absolute Gasteiger partial charge is 0.486 e. The maximum atomic E-state index is 12.4. The first-order chi connectivity index (χ1) is 16.0. The summed E-state index contributed by atoms with van der Waals surface area (Å²) in [5, 5.41) is 3.60. The van der Waals surface area contributed by atoms with E-state index >= 15 is 0 Å². The van der Waals surface area contributed by atoms with Crippen LogP contribution in [0, 0.1) is 0 Å². The number of ether oxygens (including phenoxy) is 1. The molecule has 0 saturated heterocycles. The van der Waals surface area contributed by atoms with E-state index in [1.54, 1.807) is 18.2 Å². The Morgan fingerprint density at radius 1 is 0.909 bits per heavy atom. The van der Waals surface area contributed by atoms with E-state index in [1.165, 1.54) is 17.4 Å². The number of hydrogen-bond acceptors (Lipinski definition) is 6. The second-order valence-corrected chi connectivity index (χ2v) is 8.22. The van der Waals surface area contributed by atoms with Crippen molar-refractivity contribution in [2.24, 2.45) is 0 Å². The first-order valence-electron chi connectivity index (χ1n) is 9.82. The molecule has 33 heavy (non-hydrogen) atoms. The van der Waals surface area contributed by atoms with Gasteiger partial charge < -0.3 is 14.5 Å². The minimum absolute atomic E-state index is 0.00283. The first-order valence-corrected chi connectivity index (χ1v) is 11.0. The summed E-state index contributed by atoms with van der Waals surface area (Å²) >= 11 is 7.51. The minimum Gasteiger partial charge on any atom is -0.486 e. The summed E-state index contributed by atoms with van der Waals surface area (Å²) in [5.74, 6) is -0.616. The van der Waals surface area contributed by atoms with Crippen LogP contribution in [-0.2, 0) is 11.4 Å². The molecule has 0 bridgehead atoms. The van der Waals surface area contributed by atoms with Crippen molar-refractivity contribution in [1.29, 1.82) is 0 Å². The molecule has 0 aliphatic rings.